The van der Waals surface area contributed by atoms with E-state index in [9.17, 15) is 53.1 Å². The Morgan fingerprint density at radius 3 is 1.68 bits per heavy atom. The normalized spacial score (nSPS) is 23.5. The van der Waals surface area contributed by atoms with Crippen molar-refractivity contribution < 1.29 is 53.1 Å². The number of hydrogen-bond acceptors (Lipinski definition) is 3. The number of carbonyl (C=O) groups is 1. The Labute approximate surface area is 188 Å². The van der Waals surface area contributed by atoms with Gasteiger partial charge in [-0.25, -0.2) is 9.37 Å². The molecule has 3 rings (SSSR count). The second kappa shape index (κ2) is 7.52. The summed E-state index contributed by atoms with van der Waals surface area (Å²) >= 11 is 0.323. The fourth-order valence-electron chi connectivity index (χ4n) is 3.19. The smallest absolute Gasteiger partial charge is 0.299 e. The number of rotatable bonds is 4. The van der Waals surface area contributed by atoms with E-state index in [4.69, 9.17) is 0 Å². The lowest BCUT2D eigenvalue weighted by Gasteiger charge is -2.51. The van der Waals surface area contributed by atoms with E-state index in [1.807, 2.05) is 13.8 Å². The van der Waals surface area contributed by atoms with E-state index >= 15 is 0 Å². The lowest BCUT2D eigenvalue weighted by molar-refractivity contribution is -0.475. The van der Waals surface area contributed by atoms with Crippen LogP contribution in [0.3, 0.4) is 0 Å². The molecule has 1 aliphatic carbocycles. The molecule has 0 aliphatic heterocycles. The number of benzene rings is 1. The van der Waals surface area contributed by atoms with Gasteiger partial charge in [0.15, 0.2) is 5.13 Å². The van der Waals surface area contributed by atoms with E-state index in [1.165, 1.54) is 12.1 Å². The third kappa shape index (κ3) is 3.07. The minimum Gasteiger partial charge on any atom is -0.299 e. The average Bonchev–Trinajstić information content (AvgIpc) is 3.20. The number of nitrogens with one attached hydrogen (secondary N) is 1. The van der Waals surface area contributed by atoms with Gasteiger partial charge in [0.1, 0.15) is 0 Å². The Kier molecular flexibility index (Phi) is 5.79. The first-order chi connectivity index (χ1) is 15.3. The molecule has 1 aromatic carbocycles. The maximum Gasteiger partial charge on any atom is 0.384 e. The van der Waals surface area contributed by atoms with Crippen molar-refractivity contribution in [1.82, 2.24) is 4.98 Å². The van der Waals surface area contributed by atoms with Crippen LogP contribution in [0.1, 0.15) is 25.3 Å². The maximum atomic E-state index is 14.8. The first-order valence-corrected chi connectivity index (χ1v) is 10.1. The SMILES string of the molecule is CC(C)c1ccc(-c2csc(NC(=O)C3(F)C(F)(F)C(F)(F)C(F)(F)C(F)(F)C3(F)F)n2)cc1. The first kappa shape index (κ1) is 26.2. The second-order valence-electron chi connectivity index (χ2n) is 7.80. The molecule has 3 nitrogen and oxygen atoms in total. The van der Waals surface area contributed by atoms with E-state index in [0.29, 0.717) is 16.9 Å². The van der Waals surface area contributed by atoms with E-state index in [0.717, 1.165) is 16.3 Å². The molecule has 0 bridgehead atoms. The van der Waals surface area contributed by atoms with Gasteiger partial charge in [-0.15, -0.1) is 11.3 Å². The molecule has 1 saturated carbocycles. The summed E-state index contributed by atoms with van der Waals surface area (Å²) in [7, 11) is 0. The van der Waals surface area contributed by atoms with Crippen LogP contribution in [0.4, 0.5) is 53.4 Å². The van der Waals surface area contributed by atoms with Gasteiger partial charge in [-0.3, -0.25) is 10.1 Å². The first-order valence-electron chi connectivity index (χ1n) is 9.22. The minimum absolute atomic E-state index is 0.00660. The van der Waals surface area contributed by atoms with Gasteiger partial charge in [-0.05, 0) is 11.5 Å². The number of alkyl halides is 11. The summed E-state index contributed by atoms with van der Waals surface area (Å²) in [6.07, 6.45) is 0. The van der Waals surface area contributed by atoms with Crippen molar-refractivity contribution in [3.05, 3.63) is 35.2 Å². The van der Waals surface area contributed by atoms with Gasteiger partial charge in [-0.2, -0.15) is 43.9 Å². The lowest BCUT2D eigenvalue weighted by Crippen LogP contribution is -2.86. The quantitative estimate of drug-likeness (QED) is 0.447. The van der Waals surface area contributed by atoms with Crippen LogP contribution in [-0.4, -0.2) is 46.2 Å². The topological polar surface area (TPSA) is 42.0 Å². The third-order valence-electron chi connectivity index (χ3n) is 5.35. The van der Waals surface area contributed by atoms with Gasteiger partial charge in [0, 0.05) is 10.9 Å². The highest BCUT2D eigenvalue weighted by Gasteiger charge is 3.02. The van der Waals surface area contributed by atoms with Crippen LogP contribution in [0.25, 0.3) is 11.3 Å². The molecule has 1 aliphatic rings. The Hall–Kier alpha value is -2.45. The standard InChI is InChI=1S/C19H13F11N2OS/c1-8(2)9-3-5-10(6-4-9)11-7-34-13(31-11)32-12(33)14(20)15(21,22)17(25,26)19(29,30)18(27,28)16(14,23)24/h3-8H,1-2H3,(H,31,32,33). The summed E-state index contributed by atoms with van der Waals surface area (Å²) in [6.45, 7) is 3.77. The van der Waals surface area contributed by atoms with Crippen molar-refractivity contribution in [3.8, 4) is 11.3 Å². The molecule has 34 heavy (non-hydrogen) atoms. The molecule has 188 valence electrons. The minimum atomic E-state index is -7.39. The van der Waals surface area contributed by atoms with E-state index in [1.54, 1.807) is 12.1 Å². The molecule has 1 amide bonds. The predicted molar refractivity (Wildman–Crippen MR) is 98.8 cm³/mol. The van der Waals surface area contributed by atoms with Crippen LogP contribution in [0.2, 0.25) is 0 Å². The highest BCUT2D eigenvalue weighted by molar-refractivity contribution is 7.14. The Balaban J connectivity index is 1.99. The zero-order valence-corrected chi connectivity index (χ0v) is 17.7. The molecule has 0 unspecified atom stereocenters. The average molecular weight is 526 g/mol. The fourth-order valence-corrected chi connectivity index (χ4v) is 3.91. The van der Waals surface area contributed by atoms with Crippen molar-refractivity contribution in [2.45, 2.75) is 55.0 Å². The zero-order chi connectivity index (χ0) is 26.1. The maximum absolute atomic E-state index is 14.8. The summed E-state index contributed by atoms with van der Waals surface area (Å²) in [5.74, 6) is -39.8. The summed E-state index contributed by atoms with van der Waals surface area (Å²) in [4.78, 5) is 15.6. The number of amides is 1. The molecule has 0 radical (unpaired) electrons. The lowest BCUT2D eigenvalue weighted by atomic mass is 9.71. The number of aromatic nitrogens is 1. The summed E-state index contributed by atoms with van der Waals surface area (Å²) in [6, 6.07) is 6.39. The van der Waals surface area contributed by atoms with E-state index in [2.05, 4.69) is 4.98 Å². The molecule has 0 atom stereocenters. The summed E-state index contributed by atoms with van der Waals surface area (Å²) in [5.41, 5.74) is -5.53. The van der Waals surface area contributed by atoms with Gasteiger partial charge in [0.2, 0.25) is 0 Å². The monoisotopic (exact) mass is 526 g/mol. The highest BCUT2D eigenvalue weighted by Crippen LogP contribution is 2.69. The number of anilines is 1. The highest BCUT2D eigenvalue weighted by atomic mass is 32.1. The molecular formula is C19H13F11N2OS. The predicted octanol–water partition coefficient (Wildman–Crippen LogP) is 6.77. The zero-order valence-electron chi connectivity index (χ0n) is 16.9. The largest absolute Gasteiger partial charge is 0.384 e. The number of halogens is 11. The number of carbonyl (C=O) groups excluding carboxylic acids is 1. The van der Waals surface area contributed by atoms with Crippen molar-refractivity contribution >= 4 is 22.4 Å². The summed E-state index contributed by atoms with van der Waals surface area (Å²) < 4.78 is 152. The molecule has 1 fully saturated rings. The fraction of sp³-hybridized carbons (Fsp3) is 0.474. The van der Waals surface area contributed by atoms with Gasteiger partial charge in [0.25, 0.3) is 5.91 Å². The number of thiazole rings is 1. The van der Waals surface area contributed by atoms with Crippen LogP contribution >= 0.6 is 11.3 Å². The summed E-state index contributed by atoms with van der Waals surface area (Å²) in [5, 5.41) is 1.22. The van der Waals surface area contributed by atoms with Crippen LogP contribution in [0.5, 0.6) is 0 Å². The van der Waals surface area contributed by atoms with Gasteiger partial charge < -0.3 is 0 Å². The number of hydrogen-bond donors (Lipinski definition) is 1. The van der Waals surface area contributed by atoms with Crippen LogP contribution in [-0.2, 0) is 4.79 Å². The molecule has 15 heteroatoms. The van der Waals surface area contributed by atoms with Crippen LogP contribution < -0.4 is 5.32 Å². The van der Waals surface area contributed by atoms with Gasteiger partial charge in [0.05, 0.1) is 5.69 Å². The Morgan fingerprint density at radius 1 is 0.794 bits per heavy atom. The molecule has 0 saturated heterocycles. The van der Waals surface area contributed by atoms with Gasteiger partial charge in [-0.1, -0.05) is 38.1 Å². The third-order valence-corrected chi connectivity index (χ3v) is 6.11. The van der Waals surface area contributed by atoms with Crippen molar-refractivity contribution in [2.24, 2.45) is 0 Å². The van der Waals surface area contributed by atoms with Crippen LogP contribution in [0, 0.1) is 0 Å². The van der Waals surface area contributed by atoms with Crippen molar-refractivity contribution in [1.29, 1.82) is 0 Å². The molecule has 1 heterocycles. The number of nitrogens with zero attached hydrogens (tertiary/aromatic N) is 1. The van der Waals surface area contributed by atoms with Gasteiger partial charge >= 0.3 is 35.3 Å². The molecular weight excluding hydrogens is 513 g/mol. The molecule has 2 aromatic rings. The molecule has 1 N–H and O–H groups in total. The van der Waals surface area contributed by atoms with Crippen molar-refractivity contribution in [2.75, 3.05) is 5.32 Å². The molecule has 0 spiro atoms. The Morgan fingerprint density at radius 2 is 1.24 bits per heavy atom. The molecule has 1 aromatic heterocycles. The van der Waals surface area contributed by atoms with Crippen molar-refractivity contribution in [3.63, 3.8) is 0 Å². The van der Waals surface area contributed by atoms with E-state index in [-0.39, 0.29) is 11.6 Å². The van der Waals surface area contributed by atoms with Crippen LogP contribution in [0.15, 0.2) is 29.6 Å². The Bertz CT molecular complexity index is 1070. The van der Waals surface area contributed by atoms with E-state index < -0.39 is 46.3 Å². The second-order valence-corrected chi connectivity index (χ2v) is 8.66.